The number of nitrogens with two attached hydrogens (primary N) is 1. The number of rotatable bonds is 4. The standard InChI is InChI=1S/C12H18N4O/c1-6-12(4,5)17-11-9(8(2)3)10(16-13)14-7-15-11/h1,7-8H,13H2,2-5H3,(H,14,15,16). The number of nitrogens with one attached hydrogen (secondary N) is 1. The van der Waals surface area contributed by atoms with Gasteiger partial charge in [0, 0.05) is 0 Å². The Kier molecular flexibility index (Phi) is 3.92. The Morgan fingerprint density at radius 3 is 2.59 bits per heavy atom. The van der Waals surface area contributed by atoms with Crippen molar-refractivity contribution >= 4 is 5.82 Å². The number of hydrogen-bond donors (Lipinski definition) is 2. The Balaban J connectivity index is 3.20. The molecule has 0 unspecified atom stereocenters. The van der Waals surface area contributed by atoms with Gasteiger partial charge in [0.25, 0.3) is 0 Å². The topological polar surface area (TPSA) is 73.1 Å². The molecule has 0 saturated carbocycles. The third-order valence-corrected chi connectivity index (χ3v) is 2.26. The Bertz CT molecular complexity index is 435. The van der Waals surface area contributed by atoms with Crippen LogP contribution in [0.5, 0.6) is 5.88 Å². The molecule has 0 spiro atoms. The molecule has 92 valence electrons. The fourth-order valence-corrected chi connectivity index (χ4v) is 1.37. The predicted octanol–water partition coefficient (Wildman–Crippen LogP) is 1.68. The van der Waals surface area contributed by atoms with Crippen LogP contribution in [0.25, 0.3) is 0 Å². The third-order valence-electron chi connectivity index (χ3n) is 2.26. The molecule has 3 N–H and O–H groups in total. The summed E-state index contributed by atoms with van der Waals surface area (Å²) in [6.07, 6.45) is 6.78. The van der Waals surface area contributed by atoms with E-state index in [1.165, 1.54) is 6.33 Å². The van der Waals surface area contributed by atoms with E-state index in [-0.39, 0.29) is 5.92 Å². The molecule has 5 nitrogen and oxygen atoms in total. The molecule has 1 aromatic rings. The minimum absolute atomic E-state index is 0.172. The quantitative estimate of drug-likeness (QED) is 0.471. The van der Waals surface area contributed by atoms with Crippen LogP contribution >= 0.6 is 0 Å². The summed E-state index contributed by atoms with van der Waals surface area (Å²) in [5.74, 6) is 9.17. The Hall–Kier alpha value is -1.80. The predicted molar refractivity (Wildman–Crippen MR) is 67.5 cm³/mol. The van der Waals surface area contributed by atoms with Crippen LogP contribution in [0, 0.1) is 12.3 Å². The Morgan fingerprint density at radius 2 is 2.12 bits per heavy atom. The molecule has 0 aliphatic heterocycles. The molecule has 5 heteroatoms. The molecule has 0 atom stereocenters. The number of nitrogen functional groups attached to an aromatic ring is 1. The van der Waals surface area contributed by atoms with Crippen molar-refractivity contribution in [1.29, 1.82) is 0 Å². The van der Waals surface area contributed by atoms with Gasteiger partial charge < -0.3 is 10.2 Å². The SMILES string of the molecule is C#CC(C)(C)Oc1ncnc(NN)c1C(C)C. The van der Waals surface area contributed by atoms with E-state index < -0.39 is 5.60 Å². The fourth-order valence-electron chi connectivity index (χ4n) is 1.37. The first-order chi connectivity index (χ1) is 7.91. The summed E-state index contributed by atoms with van der Waals surface area (Å²) in [6.45, 7) is 7.62. The zero-order valence-electron chi connectivity index (χ0n) is 10.6. The number of terminal acetylenes is 1. The van der Waals surface area contributed by atoms with Crippen LogP contribution in [0.4, 0.5) is 5.82 Å². The summed E-state index contributed by atoms with van der Waals surface area (Å²) in [7, 11) is 0. The monoisotopic (exact) mass is 234 g/mol. The van der Waals surface area contributed by atoms with Gasteiger partial charge in [0.1, 0.15) is 6.33 Å². The van der Waals surface area contributed by atoms with Gasteiger partial charge in [-0.1, -0.05) is 19.8 Å². The van der Waals surface area contributed by atoms with E-state index in [2.05, 4.69) is 21.3 Å². The highest BCUT2D eigenvalue weighted by Crippen LogP contribution is 2.31. The number of hydrazine groups is 1. The van der Waals surface area contributed by atoms with E-state index >= 15 is 0 Å². The van der Waals surface area contributed by atoms with Crippen molar-refractivity contribution < 1.29 is 4.74 Å². The molecule has 0 aliphatic carbocycles. The lowest BCUT2D eigenvalue weighted by atomic mass is 10.0. The first-order valence-electron chi connectivity index (χ1n) is 5.39. The molecule has 0 aromatic carbocycles. The first-order valence-corrected chi connectivity index (χ1v) is 5.39. The highest BCUT2D eigenvalue weighted by Gasteiger charge is 2.22. The molecular formula is C12H18N4O. The van der Waals surface area contributed by atoms with Crippen LogP contribution in [0.3, 0.4) is 0 Å². The van der Waals surface area contributed by atoms with E-state index in [0.29, 0.717) is 11.7 Å². The smallest absolute Gasteiger partial charge is 0.223 e. The Labute approximate surface area is 102 Å². The van der Waals surface area contributed by atoms with Crippen LogP contribution in [0.15, 0.2) is 6.33 Å². The van der Waals surface area contributed by atoms with E-state index in [9.17, 15) is 0 Å². The molecule has 0 radical (unpaired) electrons. The molecule has 0 fully saturated rings. The minimum atomic E-state index is -0.718. The second kappa shape index (κ2) is 5.02. The fraction of sp³-hybridized carbons (Fsp3) is 0.500. The summed E-state index contributed by atoms with van der Waals surface area (Å²) in [4.78, 5) is 8.17. The summed E-state index contributed by atoms with van der Waals surface area (Å²) in [5.41, 5.74) is 2.64. The lowest BCUT2D eigenvalue weighted by Crippen LogP contribution is -2.27. The van der Waals surface area contributed by atoms with E-state index in [1.54, 1.807) is 13.8 Å². The van der Waals surface area contributed by atoms with Crippen LogP contribution in [0.2, 0.25) is 0 Å². The molecule has 0 aliphatic rings. The maximum Gasteiger partial charge on any atom is 0.223 e. The molecule has 0 saturated heterocycles. The maximum atomic E-state index is 5.70. The third kappa shape index (κ3) is 3.08. The van der Waals surface area contributed by atoms with Crippen LogP contribution in [-0.2, 0) is 0 Å². The van der Waals surface area contributed by atoms with Crippen molar-refractivity contribution in [3.8, 4) is 18.2 Å². The highest BCUT2D eigenvalue weighted by atomic mass is 16.5. The van der Waals surface area contributed by atoms with Gasteiger partial charge in [-0.3, -0.25) is 0 Å². The molecule has 1 heterocycles. The number of hydrogen-bond acceptors (Lipinski definition) is 5. The largest absolute Gasteiger partial charge is 0.458 e. The van der Waals surface area contributed by atoms with E-state index in [1.807, 2.05) is 13.8 Å². The van der Waals surface area contributed by atoms with Gasteiger partial charge in [0.15, 0.2) is 11.4 Å². The van der Waals surface area contributed by atoms with Crippen LogP contribution in [0.1, 0.15) is 39.2 Å². The lowest BCUT2D eigenvalue weighted by Gasteiger charge is -2.23. The first kappa shape index (κ1) is 13.3. The molecule has 1 rings (SSSR count). The number of anilines is 1. The lowest BCUT2D eigenvalue weighted by molar-refractivity contribution is 0.162. The number of ether oxygens (including phenoxy) is 1. The second-order valence-corrected chi connectivity index (χ2v) is 4.50. The molecule has 0 bridgehead atoms. The maximum absolute atomic E-state index is 5.70. The van der Waals surface area contributed by atoms with E-state index in [4.69, 9.17) is 17.0 Å². The van der Waals surface area contributed by atoms with Gasteiger partial charge >= 0.3 is 0 Å². The van der Waals surface area contributed by atoms with Gasteiger partial charge in [0.05, 0.1) is 5.56 Å². The molecule has 0 amide bonds. The van der Waals surface area contributed by atoms with Gasteiger partial charge in [-0.15, -0.1) is 6.42 Å². The van der Waals surface area contributed by atoms with Gasteiger partial charge in [0.2, 0.25) is 5.88 Å². The molecular weight excluding hydrogens is 216 g/mol. The normalized spacial score (nSPS) is 11.1. The average Bonchev–Trinajstić information content (AvgIpc) is 2.27. The van der Waals surface area contributed by atoms with Gasteiger partial charge in [-0.2, -0.15) is 0 Å². The summed E-state index contributed by atoms with van der Waals surface area (Å²) < 4.78 is 5.70. The zero-order chi connectivity index (χ0) is 13.1. The zero-order valence-corrected chi connectivity index (χ0v) is 10.6. The average molecular weight is 234 g/mol. The van der Waals surface area contributed by atoms with Crippen molar-refractivity contribution in [1.82, 2.24) is 9.97 Å². The van der Waals surface area contributed by atoms with Crippen LogP contribution < -0.4 is 16.0 Å². The van der Waals surface area contributed by atoms with Gasteiger partial charge in [-0.05, 0) is 19.8 Å². The van der Waals surface area contributed by atoms with E-state index in [0.717, 1.165) is 5.56 Å². The highest BCUT2D eigenvalue weighted by molar-refractivity contribution is 5.50. The van der Waals surface area contributed by atoms with Crippen molar-refractivity contribution in [2.75, 3.05) is 5.43 Å². The molecule has 1 aromatic heterocycles. The molecule has 17 heavy (non-hydrogen) atoms. The van der Waals surface area contributed by atoms with Crippen molar-refractivity contribution in [3.63, 3.8) is 0 Å². The summed E-state index contributed by atoms with van der Waals surface area (Å²) in [6, 6.07) is 0. The van der Waals surface area contributed by atoms with Crippen molar-refractivity contribution in [2.45, 2.75) is 39.2 Å². The number of aromatic nitrogens is 2. The van der Waals surface area contributed by atoms with Crippen molar-refractivity contribution in [3.05, 3.63) is 11.9 Å². The minimum Gasteiger partial charge on any atom is -0.458 e. The summed E-state index contributed by atoms with van der Waals surface area (Å²) in [5, 5.41) is 0. The Morgan fingerprint density at radius 1 is 1.47 bits per heavy atom. The van der Waals surface area contributed by atoms with Gasteiger partial charge in [-0.25, -0.2) is 15.8 Å². The van der Waals surface area contributed by atoms with Crippen molar-refractivity contribution in [2.24, 2.45) is 5.84 Å². The summed E-state index contributed by atoms with van der Waals surface area (Å²) >= 11 is 0. The van der Waals surface area contributed by atoms with Crippen LogP contribution in [-0.4, -0.2) is 15.6 Å². The number of nitrogens with zero attached hydrogens (tertiary/aromatic N) is 2. The second-order valence-electron chi connectivity index (χ2n) is 4.50.